The van der Waals surface area contributed by atoms with Crippen molar-refractivity contribution in [2.24, 2.45) is 0 Å². The molecule has 0 fully saturated rings. The topological polar surface area (TPSA) is 53.4 Å². The molecular weight excluding hydrogens is 653 g/mol. The van der Waals surface area contributed by atoms with E-state index in [0.717, 1.165) is 55.9 Å². The third-order valence-electron chi connectivity index (χ3n) is 7.42. The molecule has 43 heavy (non-hydrogen) atoms. The van der Waals surface area contributed by atoms with E-state index in [2.05, 4.69) is 53.7 Å². The number of rotatable bonds is 4. The van der Waals surface area contributed by atoms with Crippen molar-refractivity contribution in [2.75, 3.05) is 0 Å². The van der Waals surface area contributed by atoms with Crippen LogP contribution in [0.5, 0.6) is 11.5 Å². The average Bonchev–Trinajstić information content (AvgIpc) is 2.97. The summed E-state index contributed by atoms with van der Waals surface area (Å²) in [5, 5.41) is 22.6. The summed E-state index contributed by atoms with van der Waals surface area (Å²) in [5.74, 6) is 0.608. The Bertz CT molecular complexity index is 1600. The van der Waals surface area contributed by atoms with Gasteiger partial charge in [0.25, 0.3) is 0 Å². The first-order valence-electron chi connectivity index (χ1n) is 14.2. The molecule has 0 atom stereocenters. The van der Waals surface area contributed by atoms with Crippen molar-refractivity contribution in [2.45, 2.75) is 52.4 Å². The van der Waals surface area contributed by atoms with Crippen LogP contribution in [0.25, 0.3) is 44.8 Å². The molecule has 4 aromatic carbocycles. The Labute approximate surface area is 274 Å². The number of hydrogen-bond acceptors (Lipinski definition) is 3. The molecule has 1 heterocycles. The van der Waals surface area contributed by atoms with E-state index < -0.39 is 20.8 Å². The SMILES string of the molecule is CC(C)(C)c1cccc(-c2ccccc2-c2cccc(-c3ccccc3-c3cccc(C(C)(C)C)c3O)n2)c1O.[Cl][Zr][Cl]. The number of pyridine rings is 1. The number of aromatic nitrogens is 1. The van der Waals surface area contributed by atoms with Crippen molar-refractivity contribution in [3.8, 4) is 56.3 Å². The van der Waals surface area contributed by atoms with E-state index in [1.54, 1.807) is 0 Å². The van der Waals surface area contributed by atoms with Gasteiger partial charge in [0.15, 0.2) is 0 Å². The van der Waals surface area contributed by atoms with Gasteiger partial charge in [0.1, 0.15) is 11.5 Å². The maximum absolute atomic E-state index is 11.3. The van der Waals surface area contributed by atoms with Gasteiger partial charge in [0.05, 0.1) is 11.4 Å². The van der Waals surface area contributed by atoms with E-state index in [4.69, 9.17) is 22.0 Å². The van der Waals surface area contributed by atoms with Gasteiger partial charge < -0.3 is 10.2 Å². The van der Waals surface area contributed by atoms with Gasteiger partial charge in [-0.15, -0.1) is 0 Å². The maximum atomic E-state index is 11.3. The first kappa shape index (κ1) is 33.0. The zero-order valence-corrected chi connectivity index (χ0v) is 29.4. The summed E-state index contributed by atoms with van der Waals surface area (Å²) in [6.07, 6.45) is 0. The Kier molecular flexibility index (Phi) is 10.6. The van der Waals surface area contributed by atoms with Gasteiger partial charge in [-0.3, -0.25) is 0 Å². The Balaban J connectivity index is 0.00000135. The first-order valence-corrected chi connectivity index (χ1v) is 20.5. The number of hydrogen-bond donors (Lipinski definition) is 2. The summed E-state index contributed by atoms with van der Waals surface area (Å²) in [6, 6.07) is 34.1. The number of benzene rings is 4. The van der Waals surface area contributed by atoms with E-state index >= 15 is 0 Å². The summed E-state index contributed by atoms with van der Waals surface area (Å²) in [7, 11) is 9.87. The number of halogens is 2. The van der Waals surface area contributed by atoms with Crippen molar-refractivity contribution < 1.29 is 31.1 Å². The van der Waals surface area contributed by atoms with Crippen LogP contribution in [-0.2, 0) is 31.7 Å². The summed E-state index contributed by atoms with van der Waals surface area (Å²) >= 11 is -0.826. The molecule has 0 aliphatic rings. The fourth-order valence-electron chi connectivity index (χ4n) is 5.35. The molecule has 5 rings (SSSR count). The molecule has 0 radical (unpaired) electrons. The van der Waals surface area contributed by atoms with Crippen LogP contribution < -0.4 is 0 Å². The van der Waals surface area contributed by atoms with Crippen molar-refractivity contribution in [1.82, 2.24) is 4.98 Å². The molecule has 6 heteroatoms. The second-order valence-corrected chi connectivity index (χ2v) is 16.2. The molecule has 0 aliphatic carbocycles. The van der Waals surface area contributed by atoms with Crippen molar-refractivity contribution in [1.29, 1.82) is 0 Å². The molecule has 0 unspecified atom stereocenters. The Morgan fingerprint density at radius 3 is 1.12 bits per heavy atom. The Morgan fingerprint density at radius 2 is 0.767 bits per heavy atom. The zero-order chi connectivity index (χ0) is 31.4. The third-order valence-corrected chi connectivity index (χ3v) is 7.42. The molecule has 0 spiro atoms. The van der Waals surface area contributed by atoms with Crippen molar-refractivity contribution in [3.05, 3.63) is 114 Å². The van der Waals surface area contributed by atoms with E-state index in [-0.39, 0.29) is 10.8 Å². The molecule has 1 aromatic heterocycles. The number of phenols is 2. The van der Waals surface area contributed by atoms with Crippen LogP contribution in [0.15, 0.2) is 103 Å². The van der Waals surface area contributed by atoms with Crippen molar-refractivity contribution >= 4 is 17.0 Å². The molecule has 0 saturated heterocycles. The molecule has 0 bridgehead atoms. The second kappa shape index (κ2) is 13.8. The fraction of sp³-hybridized carbons (Fsp3) is 0.216. The quantitative estimate of drug-likeness (QED) is 0.197. The number of phenolic OH excluding ortho intramolecular Hbond substituents is 2. The van der Waals surface area contributed by atoms with E-state index in [9.17, 15) is 10.2 Å². The van der Waals surface area contributed by atoms with Gasteiger partial charge in [-0.2, -0.15) is 0 Å². The van der Waals surface area contributed by atoms with Gasteiger partial charge in [0, 0.05) is 22.3 Å². The molecule has 2 N–H and O–H groups in total. The van der Waals surface area contributed by atoms with E-state index in [1.807, 2.05) is 91.0 Å². The Morgan fingerprint density at radius 1 is 0.465 bits per heavy atom. The van der Waals surface area contributed by atoms with Gasteiger partial charge in [-0.25, -0.2) is 4.98 Å². The van der Waals surface area contributed by atoms with Crippen LogP contribution >= 0.6 is 17.0 Å². The number of aromatic hydroxyl groups is 2. The van der Waals surface area contributed by atoms with Gasteiger partial charge >= 0.3 is 37.9 Å². The first-order chi connectivity index (χ1) is 20.4. The average molecular weight is 690 g/mol. The summed E-state index contributed by atoms with van der Waals surface area (Å²) in [5.41, 5.74) is 8.41. The summed E-state index contributed by atoms with van der Waals surface area (Å²) < 4.78 is 0. The third kappa shape index (κ3) is 7.43. The Hall–Kier alpha value is -2.91. The minimum atomic E-state index is -0.826. The standard InChI is InChI=1S/C37H37NO2.2ClH.Zr/c1-36(2,3)30-20-11-18-28(34(30)39)24-14-7-9-16-26(24)32-22-13-23-33(38-32)27-17-10-8-15-25(27)29-19-12-21-31(35(29)40)37(4,5)6;;;/h7-23,39-40H,1-6H3;2*1H;/q;;;+2/p-2. The predicted octanol–water partition coefficient (Wildman–Crippen LogP) is 11.1. The fourth-order valence-corrected chi connectivity index (χ4v) is 5.35. The monoisotopic (exact) mass is 687 g/mol. The summed E-state index contributed by atoms with van der Waals surface area (Å²) in [4.78, 5) is 5.12. The van der Waals surface area contributed by atoms with Crippen molar-refractivity contribution in [3.63, 3.8) is 0 Å². The molecule has 5 aromatic rings. The number of nitrogens with zero attached hydrogens (tertiary/aromatic N) is 1. The molecule has 0 amide bonds. The van der Waals surface area contributed by atoms with Gasteiger partial charge in [-0.1, -0.05) is 133 Å². The van der Waals surface area contributed by atoms with Crippen LogP contribution in [0.3, 0.4) is 0 Å². The second-order valence-electron chi connectivity index (χ2n) is 12.5. The molecule has 0 aliphatic heterocycles. The molecule has 220 valence electrons. The van der Waals surface area contributed by atoms with E-state index in [0.29, 0.717) is 11.5 Å². The minimum absolute atomic E-state index is 0.188. The van der Waals surface area contributed by atoms with Gasteiger partial charge in [-0.05, 0) is 45.2 Å². The van der Waals surface area contributed by atoms with Gasteiger partial charge in [0.2, 0.25) is 0 Å². The van der Waals surface area contributed by atoms with Crippen LogP contribution in [0, 0.1) is 0 Å². The number of para-hydroxylation sites is 2. The van der Waals surface area contributed by atoms with Crippen LogP contribution in [0.4, 0.5) is 0 Å². The normalized spacial score (nSPS) is 11.4. The molecular formula is C37H37Cl2NO2Zr. The van der Waals surface area contributed by atoms with Crippen LogP contribution in [-0.4, -0.2) is 15.2 Å². The predicted molar refractivity (Wildman–Crippen MR) is 178 cm³/mol. The van der Waals surface area contributed by atoms with E-state index in [1.165, 1.54) is 0 Å². The summed E-state index contributed by atoms with van der Waals surface area (Å²) in [6.45, 7) is 12.6. The molecule has 3 nitrogen and oxygen atoms in total. The zero-order valence-electron chi connectivity index (χ0n) is 25.4. The van der Waals surface area contributed by atoms with Crippen LogP contribution in [0.2, 0.25) is 0 Å². The molecule has 0 saturated carbocycles. The van der Waals surface area contributed by atoms with Crippen LogP contribution in [0.1, 0.15) is 52.7 Å².